The highest BCUT2D eigenvalue weighted by Crippen LogP contribution is 2.38. The third-order valence-electron chi connectivity index (χ3n) is 4.65. The number of hydrogen-bond acceptors (Lipinski definition) is 2. The predicted octanol–water partition coefficient (Wildman–Crippen LogP) is 3.03. The Bertz CT molecular complexity index is 381. The monoisotopic (exact) mass is 279 g/mol. The highest BCUT2D eigenvalue weighted by atomic mass is 16.4. The van der Waals surface area contributed by atoms with E-state index in [0.717, 1.165) is 44.9 Å². The maximum atomic E-state index is 12.2. The lowest BCUT2D eigenvalue weighted by Crippen LogP contribution is -2.41. The normalized spacial score (nSPS) is 25.7. The van der Waals surface area contributed by atoms with Crippen LogP contribution in [-0.2, 0) is 9.59 Å². The third-order valence-corrected chi connectivity index (χ3v) is 4.65. The summed E-state index contributed by atoms with van der Waals surface area (Å²) in [6.07, 6.45) is 12.5. The minimum absolute atomic E-state index is 0.0883. The second-order valence-electron chi connectivity index (χ2n) is 6.23. The van der Waals surface area contributed by atoms with Gasteiger partial charge in [-0.2, -0.15) is 0 Å². The molecule has 4 nitrogen and oxygen atoms in total. The first kappa shape index (κ1) is 15.1. The van der Waals surface area contributed by atoms with E-state index in [1.54, 1.807) is 0 Å². The number of carbonyl (C=O) groups excluding carboxylic acids is 1. The summed E-state index contributed by atoms with van der Waals surface area (Å²) in [5, 5.41) is 12.6. The van der Waals surface area contributed by atoms with Crippen LogP contribution in [0.3, 0.4) is 0 Å². The highest BCUT2D eigenvalue weighted by molar-refractivity contribution is 5.85. The number of carbonyl (C=O) groups is 2. The van der Waals surface area contributed by atoms with Crippen molar-refractivity contribution in [1.29, 1.82) is 0 Å². The quantitative estimate of drug-likeness (QED) is 0.614. The van der Waals surface area contributed by atoms with Crippen molar-refractivity contribution in [3.05, 3.63) is 12.2 Å². The van der Waals surface area contributed by atoms with E-state index >= 15 is 0 Å². The van der Waals surface area contributed by atoms with Crippen molar-refractivity contribution in [3.8, 4) is 0 Å². The van der Waals surface area contributed by atoms with Gasteiger partial charge >= 0.3 is 5.97 Å². The fraction of sp³-hybridized carbons (Fsp3) is 0.750. The van der Waals surface area contributed by atoms with Crippen molar-refractivity contribution in [2.75, 3.05) is 0 Å². The van der Waals surface area contributed by atoms with Crippen molar-refractivity contribution >= 4 is 11.9 Å². The molecule has 0 aromatic heterocycles. The number of carboxylic acids is 1. The first-order valence-electron chi connectivity index (χ1n) is 7.80. The van der Waals surface area contributed by atoms with Crippen LogP contribution in [0.2, 0.25) is 0 Å². The van der Waals surface area contributed by atoms with E-state index in [9.17, 15) is 14.7 Å². The average Bonchev–Trinajstić information content (AvgIpc) is 2.66. The number of hydrogen-bond donors (Lipinski definition) is 2. The number of aliphatic carboxylic acids is 1. The zero-order valence-corrected chi connectivity index (χ0v) is 12.1. The van der Waals surface area contributed by atoms with Gasteiger partial charge < -0.3 is 10.4 Å². The van der Waals surface area contributed by atoms with Gasteiger partial charge in [0, 0.05) is 12.5 Å². The topological polar surface area (TPSA) is 66.4 Å². The lowest BCUT2D eigenvalue weighted by atomic mass is 9.77. The first-order valence-corrected chi connectivity index (χ1v) is 7.80. The summed E-state index contributed by atoms with van der Waals surface area (Å²) in [5.74, 6) is -0.882. The Morgan fingerprint density at radius 3 is 2.40 bits per heavy atom. The predicted molar refractivity (Wildman–Crippen MR) is 77.3 cm³/mol. The Morgan fingerprint density at radius 2 is 1.85 bits per heavy atom. The van der Waals surface area contributed by atoms with Gasteiger partial charge in [-0.15, -0.1) is 0 Å². The fourth-order valence-electron chi connectivity index (χ4n) is 3.38. The van der Waals surface area contributed by atoms with Crippen LogP contribution < -0.4 is 5.32 Å². The van der Waals surface area contributed by atoms with Gasteiger partial charge in [0.25, 0.3) is 0 Å². The van der Waals surface area contributed by atoms with Crippen molar-refractivity contribution in [2.45, 2.75) is 70.3 Å². The number of nitrogens with one attached hydrogen (secondary N) is 1. The van der Waals surface area contributed by atoms with E-state index in [4.69, 9.17) is 0 Å². The average molecular weight is 279 g/mol. The second-order valence-corrected chi connectivity index (χ2v) is 6.23. The molecule has 1 saturated carbocycles. The summed E-state index contributed by atoms with van der Waals surface area (Å²) in [6.45, 7) is 0. The van der Waals surface area contributed by atoms with Gasteiger partial charge in [-0.1, -0.05) is 37.8 Å². The summed E-state index contributed by atoms with van der Waals surface area (Å²) in [6, 6.07) is 0.184. The SMILES string of the molecule is O=C(CC1(C(=O)O)CCCCCC1)NC1CC=CCC1. The molecule has 4 heteroatoms. The van der Waals surface area contributed by atoms with Crippen LogP contribution in [0.25, 0.3) is 0 Å². The molecule has 2 rings (SSSR count). The molecule has 1 amide bonds. The van der Waals surface area contributed by atoms with Crippen LogP contribution in [0, 0.1) is 5.41 Å². The van der Waals surface area contributed by atoms with Crippen molar-refractivity contribution in [3.63, 3.8) is 0 Å². The first-order chi connectivity index (χ1) is 9.62. The van der Waals surface area contributed by atoms with Gasteiger partial charge in [0.05, 0.1) is 5.41 Å². The fourth-order valence-corrected chi connectivity index (χ4v) is 3.38. The van der Waals surface area contributed by atoms with Crippen molar-refractivity contribution < 1.29 is 14.7 Å². The summed E-state index contributed by atoms with van der Waals surface area (Å²) in [4.78, 5) is 23.9. The molecule has 0 aromatic carbocycles. The Kier molecular flexibility index (Phi) is 5.21. The van der Waals surface area contributed by atoms with E-state index < -0.39 is 11.4 Å². The lowest BCUT2D eigenvalue weighted by molar-refractivity contribution is -0.153. The van der Waals surface area contributed by atoms with Gasteiger partial charge in [0.2, 0.25) is 5.91 Å². The van der Waals surface area contributed by atoms with Crippen LogP contribution in [0.5, 0.6) is 0 Å². The number of carboxylic acid groups (broad SMARTS) is 1. The van der Waals surface area contributed by atoms with Crippen molar-refractivity contribution in [2.24, 2.45) is 5.41 Å². The maximum absolute atomic E-state index is 12.2. The smallest absolute Gasteiger partial charge is 0.310 e. The molecular formula is C16H25NO3. The van der Waals surface area contributed by atoms with E-state index in [1.165, 1.54) is 0 Å². The van der Waals surface area contributed by atoms with Crippen LogP contribution >= 0.6 is 0 Å². The van der Waals surface area contributed by atoms with Crippen molar-refractivity contribution in [1.82, 2.24) is 5.32 Å². The standard InChI is InChI=1S/C16H25NO3/c18-14(17-13-8-4-3-5-9-13)12-16(15(19)20)10-6-1-2-7-11-16/h3-4,13H,1-2,5-12H2,(H,17,18)(H,19,20). The molecule has 1 atom stereocenters. The Morgan fingerprint density at radius 1 is 1.15 bits per heavy atom. The second kappa shape index (κ2) is 6.91. The van der Waals surface area contributed by atoms with Gasteiger partial charge in [-0.3, -0.25) is 9.59 Å². The largest absolute Gasteiger partial charge is 0.481 e. The van der Waals surface area contributed by atoms with Gasteiger partial charge in [-0.25, -0.2) is 0 Å². The number of allylic oxidation sites excluding steroid dienone is 1. The molecule has 0 saturated heterocycles. The molecule has 20 heavy (non-hydrogen) atoms. The maximum Gasteiger partial charge on any atom is 0.310 e. The van der Waals surface area contributed by atoms with Crippen LogP contribution in [0.15, 0.2) is 12.2 Å². The Hall–Kier alpha value is -1.32. The zero-order valence-electron chi connectivity index (χ0n) is 12.1. The molecule has 112 valence electrons. The number of amides is 1. The molecular weight excluding hydrogens is 254 g/mol. The molecule has 0 radical (unpaired) electrons. The molecule has 2 aliphatic rings. The van der Waals surface area contributed by atoms with Gasteiger partial charge in [-0.05, 0) is 32.1 Å². The van der Waals surface area contributed by atoms with E-state index in [2.05, 4.69) is 17.5 Å². The Balaban J connectivity index is 1.94. The van der Waals surface area contributed by atoms with Gasteiger partial charge in [0.15, 0.2) is 0 Å². The third kappa shape index (κ3) is 3.84. The minimum atomic E-state index is -0.828. The highest BCUT2D eigenvalue weighted by Gasteiger charge is 2.40. The molecule has 2 aliphatic carbocycles. The van der Waals surface area contributed by atoms with E-state index in [-0.39, 0.29) is 18.4 Å². The molecule has 0 bridgehead atoms. The van der Waals surface area contributed by atoms with Gasteiger partial charge in [0.1, 0.15) is 0 Å². The molecule has 0 heterocycles. The van der Waals surface area contributed by atoms with Crippen LogP contribution in [0.4, 0.5) is 0 Å². The molecule has 0 aromatic rings. The summed E-state index contributed by atoms with van der Waals surface area (Å²) >= 11 is 0. The molecule has 0 spiro atoms. The minimum Gasteiger partial charge on any atom is -0.481 e. The molecule has 2 N–H and O–H groups in total. The molecule has 0 aliphatic heterocycles. The summed E-state index contributed by atoms with van der Waals surface area (Å²) in [5.41, 5.74) is -0.828. The molecule has 1 fully saturated rings. The van der Waals surface area contributed by atoms with E-state index in [0.29, 0.717) is 12.8 Å². The van der Waals surface area contributed by atoms with Crippen LogP contribution in [0.1, 0.15) is 64.2 Å². The Labute approximate surface area is 120 Å². The van der Waals surface area contributed by atoms with E-state index in [1.807, 2.05) is 0 Å². The summed E-state index contributed by atoms with van der Waals surface area (Å²) in [7, 11) is 0. The lowest BCUT2D eigenvalue weighted by Gasteiger charge is -2.28. The zero-order chi connectivity index (χ0) is 14.4. The number of rotatable bonds is 4. The summed E-state index contributed by atoms with van der Waals surface area (Å²) < 4.78 is 0. The molecule has 1 unspecified atom stereocenters. The van der Waals surface area contributed by atoms with Crippen LogP contribution in [-0.4, -0.2) is 23.0 Å².